The van der Waals surface area contributed by atoms with Gasteiger partial charge in [0.2, 0.25) is 5.91 Å². The average molecular weight is 314 g/mol. The molecule has 0 radical (unpaired) electrons. The van der Waals surface area contributed by atoms with E-state index >= 15 is 0 Å². The fraction of sp³-hybridized carbons (Fsp3) is 0.294. The number of rotatable bonds is 4. The Bertz CT molecular complexity index is 631. The Kier molecular flexibility index (Phi) is 4.63. The molecule has 0 spiro atoms. The van der Waals surface area contributed by atoms with E-state index in [1.807, 2.05) is 47.5 Å². The standard InChI is InChI=1S/C17H18N2O2S/c1-21-15-6-4-13(5-7-15)11-16(20)19-9-10-22-17(19)14-3-2-8-18-12-14/h2-8,12,17H,9-11H2,1H3. The maximum absolute atomic E-state index is 12.6. The van der Waals surface area contributed by atoms with Crippen molar-refractivity contribution in [3.63, 3.8) is 0 Å². The Morgan fingerprint density at radius 2 is 2.18 bits per heavy atom. The van der Waals surface area contributed by atoms with E-state index in [9.17, 15) is 4.79 Å². The molecule has 4 nitrogen and oxygen atoms in total. The first-order chi connectivity index (χ1) is 10.8. The van der Waals surface area contributed by atoms with Gasteiger partial charge in [-0.1, -0.05) is 18.2 Å². The average Bonchev–Trinajstić information content (AvgIpc) is 3.06. The molecule has 2 heterocycles. The first-order valence-electron chi connectivity index (χ1n) is 7.22. The van der Waals surface area contributed by atoms with Crippen LogP contribution >= 0.6 is 11.8 Å². The van der Waals surface area contributed by atoms with Crippen LogP contribution in [0.15, 0.2) is 48.8 Å². The fourth-order valence-electron chi connectivity index (χ4n) is 2.54. The van der Waals surface area contributed by atoms with Crippen LogP contribution in [0.5, 0.6) is 5.75 Å². The molecular formula is C17H18N2O2S. The van der Waals surface area contributed by atoms with E-state index < -0.39 is 0 Å². The third-order valence-corrected chi connectivity index (χ3v) is 4.96. The third-order valence-electron chi connectivity index (χ3n) is 3.70. The molecule has 3 rings (SSSR count). The lowest BCUT2D eigenvalue weighted by Gasteiger charge is -2.24. The minimum absolute atomic E-state index is 0.0828. The minimum Gasteiger partial charge on any atom is -0.497 e. The summed E-state index contributed by atoms with van der Waals surface area (Å²) in [7, 11) is 1.64. The Labute approximate surface area is 134 Å². The van der Waals surface area contributed by atoms with Gasteiger partial charge in [0, 0.05) is 30.3 Å². The molecule has 1 saturated heterocycles. The Hall–Kier alpha value is -2.01. The molecule has 1 aliphatic rings. The highest BCUT2D eigenvalue weighted by Gasteiger charge is 2.30. The molecule has 114 valence electrons. The number of methoxy groups -OCH3 is 1. The maximum Gasteiger partial charge on any atom is 0.228 e. The van der Waals surface area contributed by atoms with Crippen molar-refractivity contribution in [2.75, 3.05) is 19.4 Å². The number of hydrogen-bond acceptors (Lipinski definition) is 4. The highest BCUT2D eigenvalue weighted by molar-refractivity contribution is 7.99. The van der Waals surface area contributed by atoms with Gasteiger partial charge in [0.05, 0.1) is 13.5 Å². The smallest absolute Gasteiger partial charge is 0.228 e. The predicted molar refractivity (Wildman–Crippen MR) is 87.8 cm³/mol. The highest BCUT2D eigenvalue weighted by Crippen LogP contribution is 2.37. The van der Waals surface area contributed by atoms with Gasteiger partial charge in [-0.05, 0) is 23.8 Å². The zero-order chi connectivity index (χ0) is 15.4. The van der Waals surface area contributed by atoms with E-state index in [0.29, 0.717) is 6.42 Å². The van der Waals surface area contributed by atoms with Crippen LogP contribution in [-0.2, 0) is 11.2 Å². The van der Waals surface area contributed by atoms with Gasteiger partial charge in [-0.15, -0.1) is 11.8 Å². The number of aromatic nitrogens is 1. The second kappa shape index (κ2) is 6.83. The lowest BCUT2D eigenvalue weighted by atomic mass is 10.1. The number of carbonyl (C=O) groups is 1. The van der Waals surface area contributed by atoms with Gasteiger partial charge in [0.15, 0.2) is 0 Å². The highest BCUT2D eigenvalue weighted by atomic mass is 32.2. The fourth-order valence-corrected chi connectivity index (χ4v) is 3.80. The summed E-state index contributed by atoms with van der Waals surface area (Å²) in [5, 5.41) is 0.0828. The van der Waals surface area contributed by atoms with Crippen molar-refractivity contribution < 1.29 is 9.53 Å². The van der Waals surface area contributed by atoms with Crippen molar-refractivity contribution in [1.29, 1.82) is 0 Å². The van der Waals surface area contributed by atoms with E-state index in [1.54, 1.807) is 25.1 Å². The lowest BCUT2D eigenvalue weighted by Crippen LogP contribution is -2.31. The number of nitrogens with zero attached hydrogens (tertiary/aromatic N) is 2. The molecule has 1 aromatic heterocycles. The van der Waals surface area contributed by atoms with Crippen molar-refractivity contribution in [3.8, 4) is 5.75 Å². The SMILES string of the molecule is COc1ccc(CC(=O)N2CCSC2c2cccnc2)cc1. The molecule has 0 N–H and O–H groups in total. The topological polar surface area (TPSA) is 42.4 Å². The number of hydrogen-bond donors (Lipinski definition) is 0. The molecule has 1 atom stereocenters. The first-order valence-corrected chi connectivity index (χ1v) is 8.27. The summed E-state index contributed by atoms with van der Waals surface area (Å²) in [4.78, 5) is 18.7. The second-order valence-corrected chi connectivity index (χ2v) is 6.31. The van der Waals surface area contributed by atoms with Crippen molar-refractivity contribution in [2.45, 2.75) is 11.8 Å². The van der Waals surface area contributed by atoms with E-state index in [-0.39, 0.29) is 11.3 Å². The summed E-state index contributed by atoms with van der Waals surface area (Å²) in [6, 6.07) is 11.6. The zero-order valence-electron chi connectivity index (χ0n) is 12.4. The predicted octanol–water partition coefficient (Wildman–Crippen LogP) is 2.91. The molecular weight excluding hydrogens is 296 g/mol. The largest absolute Gasteiger partial charge is 0.497 e. The van der Waals surface area contributed by atoms with Gasteiger partial charge < -0.3 is 9.64 Å². The monoisotopic (exact) mass is 314 g/mol. The molecule has 1 unspecified atom stereocenters. The number of amides is 1. The van der Waals surface area contributed by atoms with Crippen LogP contribution in [0, 0.1) is 0 Å². The van der Waals surface area contributed by atoms with Crippen LogP contribution in [-0.4, -0.2) is 35.2 Å². The van der Waals surface area contributed by atoms with Gasteiger partial charge in [-0.25, -0.2) is 0 Å². The number of benzene rings is 1. The van der Waals surface area contributed by atoms with Crippen molar-refractivity contribution in [3.05, 3.63) is 59.9 Å². The molecule has 0 bridgehead atoms. The van der Waals surface area contributed by atoms with Gasteiger partial charge in [0.1, 0.15) is 11.1 Å². The summed E-state index contributed by atoms with van der Waals surface area (Å²) >= 11 is 1.79. The van der Waals surface area contributed by atoms with Crippen LogP contribution in [0.2, 0.25) is 0 Å². The normalized spacial score (nSPS) is 17.5. The van der Waals surface area contributed by atoms with Crippen LogP contribution in [0.4, 0.5) is 0 Å². The second-order valence-electron chi connectivity index (χ2n) is 5.12. The molecule has 1 aliphatic heterocycles. The Morgan fingerprint density at radius 3 is 2.86 bits per heavy atom. The summed E-state index contributed by atoms with van der Waals surface area (Å²) in [6.07, 6.45) is 4.02. The summed E-state index contributed by atoms with van der Waals surface area (Å²) in [6.45, 7) is 0.791. The van der Waals surface area contributed by atoms with Crippen molar-refractivity contribution >= 4 is 17.7 Å². The van der Waals surface area contributed by atoms with Crippen LogP contribution in [0.3, 0.4) is 0 Å². The Morgan fingerprint density at radius 1 is 1.36 bits per heavy atom. The summed E-state index contributed by atoms with van der Waals surface area (Å²) in [5.74, 6) is 1.93. The first kappa shape index (κ1) is 14.9. The van der Waals surface area contributed by atoms with E-state index in [4.69, 9.17) is 4.74 Å². The van der Waals surface area contributed by atoms with Crippen LogP contribution < -0.4 is 4.74 Å². The molecule has 1 amide bonds. The molecule has 1 aromatic carbocycles. The van der Waals surface area contributed by atoms with E-state index in [0.717, 1.165) is 29.2 Å². The van der Waals surface area contributed by atoms with Crippen LogP contribution in [0.1, 0.15) is 16.5 Å². The van der Waals surface area contributed by atoms with E-state index in [2.05, 4.69) is 4.98 Å². The third kappa shape index (κ3) is 3.25. The molecule has 2 aromatic rings. The lowest BCUT2D eigenvalue weighted by molar-refractivity contribution is -0.130. The molecule has 5 heteroatoms. The number of carbonyl (C=O) groups excluding carboxylic acids is 1. The molecule has 0 aliphatic carbocycles. The Balaban J connectivity index is 1.70. The van der Waals surface area contributed by atoms with E-state index in [1.165, 1.54) is 0 Å². The van der Waals surface area contributed by atoms with Gasteiger partial charge in [-0.3, -0.25) is 9.78 Å². The summed E-state index contributed by atoms with van der Waals surface area (Å²) < 4.78 is 5.14. The molecule has 1 fully saturated rings. The van der Waals surface area contributed by atoms with Gasteiger partial charge in [-0.2, -0.15) is 0 Å². The van der Waals surface area contributed by atoms with Crippen LogP contribution in [0.25, 0.3) is 0 Å². The maximum atomic E-state index is 12.6. The summed E-state index contributed by atoms with van der Waals surface area (Å²) in [5.41, 5.74) is 2.10. The number of ether oxygens (including phenoxy) is 1. The zero-order valence-corrected chi connectivity index (χ0v) is 13.3. The van der Waals surface area contributed by atoms with Gasteiger partial charge >= 0.3 is 0 Å². The molecule has 22 heavy (non-hydrogen) atoms. The minimum atomic E-state index is 0.0828. The van der Waals surface area contributed by atoms with Gasteiger partial charge in [0.25, 0.3) is 0 Å². The quantitative estimate of drug-likeness (QED) is 0.870. The van der Waals surface area contributed by atoms with Crippen molar-refractivity contribution in [2.24, 2.45) is 0 Å². The van der Waals surface area contributed by atoms with Crippen molar-refractivity contribution in [1.82, 2.24) is 9.88 Å². The number of thioether (sulfide) groups is 1. The number of pyridine rings is 1. The molecule has 0 saturated carbocycles.